The van der Waals surface area contributed by atoms with Crippen molar-refractivity contribution in [1.29, 1.82) is 0 Å². The summed E-state index contributed by atoms with van der Waals surface area (Å²) in [6.45, 7) is 5.74. The molecule has 0 aliphatic heterocycles. The van der Waals surface area contributed by atoms with Crippen molar-refractivity contribution in [3.8, 4) is 0 Å². The Kier molecular flexibility index (Phi) is 4.30. The van der Waals surface area contributed by atoms with Gasteiger partial charge in [0.15, 0.2) is 0 Å². The Morgan fingerprint density at radius 3 is 2.62 bits per heavy atom. The summed E-state index contributed by atoms with van der Waals surface area (Å²) in [5.41, 5.74) is 0.00625. The lowest BCUT2D eigenvalue weighted by Gasteiger charge is -2.22. The molecule has 0 saturated carbocycles. The van der Waals surface area contributed by atoms with Crippen molar-refractivity contribution in [1.82, 2.24) is 0 Å². The molecule has 0 fully saturated rings. The fourth-order valence-corrected chi connectivity index (χ4v) is 1.43. The Bertz CT molecular complexity index is 361. The average molecular weight is 247 g/mol. The SMILES string of the molecule is CC(C)(C)OCC(O)c1cc(F)ccc1Cl. The molecule has 1 atom stereocenters. The Morgan fingerprint density at radius 2 is 2.06 bits per heavy atom. The smallest absolute Gasteiger partial charge is 0.123 e. The Morgan fingerprint density at radius 1 is 1.44 bits per heavy atom. The third-order valence-corrected chi connectivity index (χ3v) is 2.34. The van der Waals surface area contributed by atoms with E-state index in [2.05, 4.69) is 0 Å². The maximum atomic E-state index is 13.0. The molecule has 0 spiro atoms. The summed E-state index contributed by atoms with van der Waals surface area (Å²) >= 11 is 5.86. The lowest BCUT2D eigenvalue weighted by atomic mass is 10.1. The molecule has 0 aliphatic rings. The lowest BCUT2D eigenvalue weighted by Crippen LogP contribution is -2.22. The molecule has 2 nitrogen and oxygen atoms in total. The van der Waals surface area contributed by atoms with E-state index >= 15 is 0 Å². The highest BCUT2D eigenvalue weighted by Crippen LogP contribution is 2.25. The summed E-state index contributed by atoms with van der Waals surface area (Å²) in [6.07, 6.45) is -0.914. The molecule has 0 aliphatic carbocycles. The second kappa shape index (κ2) is 5.13. The Labute approximate surface area is 100.0 Å². The van der Waals surface area contributed by atoms with Gasteiger partial charge >= 0.3 is 0 Å². The highest BCUT2D eigenvalue weighted by atomic mass is 35.5. The molecule has 90 valence electrons. The number of hydrogen-bond acceptors (Lipinski definition) is 2. The standard InChI is InChI=1S/C12H16ClFO2/c1-12(2,3)16-7-11(15)9-6-8(14)4-5-10(9)13/h4-6,11,15H,7H2,1-3H3. The molecule has 0 heterocycles. The first kappa shape index (κ1) is 13.4. The second-order valence-corrected chi connectivity index (χ2v) is 5.01. The van der Waals surface area contributed by atoms with Crippen LogP contribution in [0.3, 0.4) is 0 Å². The van der Waals surface area contributed by atoms with Gasteiger partial charge in [-0.05, 0) is 39.0 Å². The first-order valence-electron chi connectivity index (χ1n) is 5.06. The summed E-state index contributed by atoms with van der Waals surface area (Å²) < 4.78 is 18.4. The topological polar surface area (TPSA) is 29.5 Å². The number of aliphatic hydroxyl groups is 1. The molecule has 1 N–H and O–H groups in total. The molecule has 0 bridgehead atoms. The van der Waals surface area contributed by atoms with Gasteiger partial charge in [-0.1, -0.05) is 11.6 Å². The van der Waals surface area contributed by atoms with Crippen molar-refractivity contribution in [2.24, 2.45) is 0 Å². The summed E-state index contributed by atoms with van der Waals surface area (Å²) in [6, 6.07) is 3.90. The van der Waals surface area contributed by atoms with Crippen LogP contribution in [0.1, 0.15) is 32.4 Å². The number of rotatable bonds is 3. The fourth-order valence-electron chi connectivity index (χ4n) is 1.19. The van der Waals surface area contributed by atoms with Crippen LogP contribution in [-0.4, -0.2) is 17.3 Å². The van der Waals surface area contributed by atoms with E-state index in [-0.39, 0.29) is 12.2 Å². The monoisotopic (exact) mass is 246 g/mol. The summed E-state index contributed by atoms with van der Waals surface area (Å²) in [5.74, 6) is -0.422. The van der Waals surface area contributed by atoms with Crippen LogP contribution in [-0.2, 0) is 4.74 Å². The van der Waals surface area contributed by atoms with Crippen LogP contribution >= 0.6 is 11.6 Å². The predicted molar refractivity (Wildman–Crippen MR) is 62.1 cm³/mol. The maximum Gasteiger partial charge on any atom is 0.123 e. The average Bonchev–Trinajstić information content (AvgIpc) is 2.17. The lowest BCUT2D eigenvalue weighted by molar-refractivity contribution is -0.0496. The van der Waals surface area contributed by atoms with Crippen LogP contribution in [0, 0.1) is 5.82 Å². The minimum Gasteiger partial charge on any atom is -0.386 e. The van der Waals surface area contributed by atoms with E-state index in [1.807, 2.05) is 20.8 Å². The van der Waals surface area contributed by atoms with Gasteiger partial charge in [-0.3, -0.25) is 0 Å². The zero-order valence-electron chi connectivity index (χ0n) is 9.63. The van der Waals surface area contributed by atoms with E-state index in [1.54, 1.807) is 0 Å². The van der Waals surface area contributed by atoms with E-state index in [0.717, 1.165) is 0 Å². The Hall–Kier alpha value is -0.640. The van der Waals surface area contributed by atoms with Crippen molar-refractivity contribution in [3.63, 3.8) is 0 Å². The number of aliphatic hydroxyl groups excluding tert-OH is 1. The van der Waals surface area contributed by atoms with Gasteiger partial charge in [0, 0.05) is 10.6 Å². The summed E-state index contributed by atoms with van der Waals surface area (Å²) in [7, 11) is 0. The highest BCUT2D eigenvalue weighted by Gasteiger charge is 2.17. The van der Waals surface area contributed by atoms with Gasteiger partial charge in [-0.2, -0.15) is 0 Å². The molecule has 0 saturated heterocycles. The van der Waals surface area contributed by atoms with Crippen LogP contribution in [0.25, 0.3) is 0 Å². The number of benzene rings is 1. The van der Waals surface area contributed by atoms with Crippen LogP contribution in [0.15, 0.2) is 18.2 Å². The van der Waals surface area contributed by atoms with Crippen molar-refractivity contribution in [2.45, 2.75) is 32.5 Å². The molecular formula is C12H16ClFO2. The third-order valence-electron chi connectivity index (χ3n) is 1.99. The van der Waals surface area contributed by atoms with Crippen LogP contribution in [0.2, 0.25) is 5.02 Å². The van der Waals surface area contributed by atoms with E-state index in [9.17, 15) is 9.50 Å². The van der Waals surface area contributed by atoms with Crippen molar-refractivity contribution in [2.75, 3.05) is 6.61 Å². The molecule has 16 heavy (non-hydrogen) atoms. The molecule has 1 unspecified atom stereocenters. The minimum atomic E-state index is -0.914. The maximum absolute atomic E-state index is 13.0. The zero-order chi connectivity index (χ0) is 12.3. The van der Waals surface area contributed by atoms with E-state index in [4.69, 9.17) is 16.3 Å². The normalized spacial score (nSPS) is 13.9. The number of hydrogen-bond donors (Lipinski definition) is 1. The fraction of sp³-hybridized carbons (Fsp3) is 0.500. The van der Waals surface area contributed by atoms with Gasteiger partial charge < -0.3 is 9.84 Å². The quantitative estimate of drug-likeness (QED) is 0.887. The molecular weight excluding hydrogens is 231 g/mol. The van der Waals surface area contributed by atoms with Crippen LogP contribution in [0.4, 0.5) is 4.39 Å². The molecule has 0 aromatic heterocycles. The second-order valence-electron chi connectivity index (χ2n) is 4.61. The van der Waals surface area contributed by atoms with Crippen LogP contribution in [0.5, 0.6) is 0 Å². The summed E-state index contributed by atoms with van der Waals surface area (Å²) in [4.78, 5) is 0. The predicted octanol–water partition coefficient (Wildman–Crippen LogP) is 3.33. The largest absolute Gasteiger partial charge is 0.386 e. The molecule has 0 amide bonds. The van der Waals surface area contributed by atoms with Crippen LogP contribution < -0.4 is 0 Å². The van der Waals surface area contributed by atoms with Crippen molar-refractivity contribution < 1.29 is 14.2 Å². The third kappa shape index (κ3) is 4.08. The van der Waals surface area contributed by atoms with Crippen molar-refractivity contribution >= 4 is 11.6 Å². The van der Waals surface area contributed by atoms with Gasteiger partial charge in [0.25, 0.3) is 0 Å². The van der Waals surface area contributed by atoms with Crippen molar-refractivity contribution in [3.05, 3.63) is 34.6 Å². The first-order valence-corrected chi connectivity index (χ1v) is 5.44. The molecule has 1 aromatic rings. The molecule has 1 rings (SSSR count). The minimum absolute atomic E-state index is 0.0900. The van der Waals surface area contributed by atoms with Gasteiger partial charge in [-0.15, -0.1) is 0 Å². The van der Waals surface area contributed by atoms with E-state index < -0.39 is 11.9 Å². The number of halogens is 2. The van der Waals surface area contributed by atoms with Gasteiger partial charge in [0.1, 0.15) is 11.9 Å². The molecule has 1 aromatic carbocycles. The zero-order valence-corrected chi connectivity index (χ0v) is 10.4. The molecule has 0 radical (unpaired) electrons. The van der Waals surface area contributed by atoms with Gasteiger partial charge in [-0.25, -0.2) is 4.39 Å². The highest BCUT2D eigenvalue weighted by molar-refractivity contribution is 6.31. The molecule has 4 heteroatoms. The van der Waals surface area contributed by atoms with E-state index in [1.165, 1.54) is 18.2 Å². The van der Waals surface area contributed by atoms with Gasteiger partial charge in [0.2, 0.25) is 0 Å². The Balaban J connectivity index is 2.73. The number of ether oxygens (including phenoxy) is 1. The summed E-state index contributed by atoms with van der Waals surface area (Å²) in [5, 5.41) is 10.2. The first-order chi connectivity index (χ1) is 7.29. The van der Waals surface area contributed by atoms with Gasteiger partial charge in [0.05, 0.1) is 12.2 Å². The van der Waals surface area contributed by atoms with E-state index in [0.29, 0.717) is 10.6 Å².